The molecule has 1 N–H and O–H groups in total. The summed E-state index contributed by atoms with van der Waals surface area (Å²) in [5, 5.41) is 11.5. The number of esters is 1. The van der Waals surface area contributed by atoms with Crippen LogP contribution in [0.3, 0.4) is 0 Å². The van der Waals surface area contributed by atoms with Crippen LogP contribution in [0.4, 0.5) is 8.78 Å². The molecule has 0 spiro atoms. The van der Waals surface area contributed by atoms with E-state index in [1.165, 1.54) is 0 Å². The summed E-state index contributed by atoms with van der Waals surface area (Å²) in [6.07, 6.45) is 0. The molecule has 0 saturated carbocycles. The van der Waals surface area contributed by atoms with E-state index in [2.05, 4.69) is 10.1 Å². The number of hydrogen-bond donors (Lipinski definition) is 1. The van der Waals surface area contributed by atoms with Gasteiger partial charge < -0.3 is 10.1 Å². The Balaban J connectivity index is 2.64. The highest BCUT2D eigenvalue weighted by Gasteiger charge is 2.30. The van der Waals surface area contributed by atoms with Gasteiger partial charge in [0, 0.05) is 6.07 Å². The Bertz CT molecular complexity index is 605. The van der Waals surface area contributed by atoms with Crippen LogP contribution in [0.25, 0.3) is 0 Å². The van der Waals surface area contributed by atoms with Gasteiger partial charge in [-0.1, -0.05) is 13.8 Å². The lowest BCUT2D eigenvalue weighted by Crippen LogP contribution is -2.50. The molecule has 0 aliphatic rings. The average Bonchev–Trinajstić information content (AvgIpc) is 2.43. The number of amides is 1. The van der Waals surface area contributed by atoms with E-state index in [-0.39, 0.29) is 11.5 Å². The van der Waals surface area contributed by atoms with Crippen LogP contribution in [0.1, 0.15) is 31.1 Å². The van der Waals surface area contributed by atoms with Crippen molar-refractivity contribution in [2.75, 3.05) is 6.61 Å². The van der Waals surface area contributed by atoms with Gasteiger partial charge in [0.1, 0.15) is 17.2 Å². The van der Waals surface area contributed by atoms with E-state index in [4.69, 9.17) is 5.26 Å². The van der Waals surface area contributed by atoms with Crippen molar-refractivity contribution in [1.29, 1.82) is 5.26 Å². The molecule has 1 atom stereocenters. The van der Waals surface area contributed by atoms with Crippen molar-refractivity contribution in [2.24, 2.45) is 5.92 Å². The molecule has 118 valence electrons. The third kappa shape index (κ3) is 4.52. The number of nitrogens with zero attached hydrogens (tertiary/aromatic N) is 1. The minimum Gasteiger partial charge on any atom is -0.452 e. The lowest BCUT2D eigenvalue weighted by Gasteiger charge is -2.27. The number of halogens is 2. The lowest BCUT2D eigenvalue weighted by atomic mass is 9.90. The van der Waals surface area contributed by atoms with Gasteiger partial charge in [-0.2, -0.15) is 5.26 Å². The Labute approximate surface area is 126 Å². The number of nitrogens with one attached hydrogen (secondary N) is 1. The summed E-state index contributed by atoms with van der Waals surface area (Å²) >= 11 is 0. The second-order valence-corrected chi connectivity index (χ2v) is 5.25. The zero-order valence-corrected chi connectivity index (χ0v) is 12.4. The molecule has 22 heavy (non-hydrogen) atoms. The number of ether oxygens (including phenoxy) is 1. The highest BCUT2D eigenvalue weighted by molar-refractivity contribution is 5.91. The molecule has 0 unspecified atom stereocenters. The van der Waals surface area contributed by atoms with Gasteiger partial charge in [-0.15, -0.1) is 0 Å². The summed E-state index contributed by atoms with van der Waals surface area (Å²) in [6.45, 7) is 4.40. The molecular formula is C15H16F2N2O3. The topological polar surface area (TPSA) is 79.2 Å². The molecule has 0 aromatic heterocycles. The van der Waals surface area contributed by atoms with Gasteiger partial charge in [-0.3, -0.25) is 4.79 Å². The van der Waals surface area contributed by atoms with E-state index in [0.29, 0.717) is 6.07 Å². The van der Waals surface area contributed by atoms with Crippen LogP contribution in [0.2, 0.25) is 0 Å². The Morgan fingerprint density at radius 2 is 1.86 bits per heavy atom. The van der Waals surface area contributed by atoms with Crippen molar-refractivity contribution in [3.63, 3.8) is 0 Å². The average molecular weight is 310 g/mol. The zero-order valence-electron chi connectivity index (χ0n) is 12.4. The monoisotopic (exact) mass is 310 g/mol. The SMILES string of the molecule is CC(C)[C@@](C)(C#N)NC(=O)COC(=O)c1cc(F)cc(F)c1. The molecule has 7 heteroatoms. The van der Waals surface area contributed by atoms with Gasteiger partial charge in [0.05, 0.1) is 11.6 Å². The summed E-state index contributed by atoms with van der Waals surface area (Å²) < 4.78 is 30.6. The number of benzene rings is 1. The van der Waals surface area contributed by atoms with Crippen LogP contribution in [0.5, 0.6) is 0 Å². The molecule has 1 aromatic carbocycles. The van der Waals surface area contributed by atoms with E-state index in [1.54, 1.807) is 20.8 Å². The number of hydrogen-bond acceptors (Lipinski definition) is 4. The first kappa shape index (κ1) is 17.6. The van der Waals surface area contributed by atoms with Crippen LogP contribution < -0.4 is 5.32 Å². The Morgan fingerprint density at radius 1 is 1.32 bits per heavy atom. The number of rotatable bonds is 5. The predicted octanol–water partition coefficient (Wildman–Crippen LogP) is 2.18. The molecular weight excluding hydrogens is 294 g/mol. The molecule has 0 heterocycles. The molecule has 0 aliphatic heterocycles. The fourth-order valence-corrected chi connectivity index (χ4v) is 1.51. The predicted molar refractivity (Wildman–Crippen MR) is 73.6 cm³/mol. The Hall–Kier alpha value is -2.49. The van der Waals surface area contributed by atoms with Gasteiger partial charge >= 0.3 is 5.97 Å². The number of carbonyl (C=O) groups is 2. The summed E-state index contributed by atoms with van der Waals surface area (Å²) in [7, 11) is 0. The van der Waals surface area contributed by atoms with Crippen LogP contribution in [-0.2, 0) is 9.53 Å². The molecule has 5 nitrogen and oxygen atoms in total. The van der Waals surface area contributed by atoms with Crippen LogP contribution >= 0.6 is 0 Å². The maximum atomic E-state index is 13.0. The fourth-order valence-electron chi connectivity index (χ4n) is 1.51. The molecule has 1 aromatic rings. The van der Waals surface area contributed by atoms with Crippen molar-refractivity contribution in [2.45, 2.75) is 26.3 Å². The van der Waals surface area contributed by atoms with Crippen LogP contribution in [-0.4, -0.2) is 24.0 Å². The quantitative estimate of drug-likeness (QED) is 0.845. The molecule has 0 bridgehead atoms. The highest BCUT2D eigenvalue weighted by Crippen LogP contribution is 2.15. The smallest absolute Gasteiger partial charge is 0.338 e. The Kier molecular flexibility index (Phi) is 5.57. The lowest BCUT2D eigenvalue weighted by molar-refractivity contribution is -0.125. The van der Waals surface area contributed by atoms with Crippen molar-refractivity contribution in [3.8, 4) is 6.07 Å². The summed E-state index contributed by atoms with van der Waals surface area (Å²) in [5.74, 6) is -3.71. The van der Waals surface area contributed by atoms with E-state index in [9.17, 15) is 18.4 Å². The minimum absolute atomic E-state index is 0.158. The van der Waals surface area contributed by atoms with E-state index < -0.39 is 35.7 Å². The number of nitriles is 1. The van der Waals surface area contributed by atoms with E-state index >= 15 is 0 Å². The molecule has 1 rings (SSSR count). The maximum Gasteiger partial charge on any atom is 0.338 e. The van der Waals surface area contributed by atoms with Gasteiger partial charge in [-0.25, -0.2) is 13.6 Å². The van der Waals surface area contributed by atoms with Crippen LogP contribution in [0.15, 0.2) is 18.2 Å². The molecule has 0 saturated heterocycles. The maximum absolute atomic E-state index is 13.0. The molecule has 0 aliphatic carbocycles. The minimum atomic E-state index is -1.10. The second-order valence-electron chi connectivity index (χ2n) is 5.25. The largest absolute Gasteiger partial charge is 0.452 e. The van der Waals surface area contributed by atoms with E-state index in [0.717, 1.165) is 12.1 Å². The Morgan fingerprint density at radius 3 is 2.32 bits per heavy atom. The van der Waals surface area contributed by atoms with Crippen molar-refractivity contribution < 1.29 is 23.1 Å². The van der Waals surface area contributed by atoms with Gasteiger partial charge in [0.2, 0.25) is 0 Å². The molecule has 0 radical (unpaired) electrons. The van der Waals surface area contributed by atoms with Gasteiger partial charge in [0.15, 0.2) is 6.61 Å². The third-order valence-corrected chi connectivity index (χ3v) is 3.22. The molecule has 1 amide bonds. The summed E-state index contributed by atoms with van der Waals surface area (Å²) in [5.41, 5.74) is -1.44. The summed E-state index contributed by atoms with van der Waals surface area (Å²) in [6, 6.07) is 4.19. The van der Waals surface area contributed by atoms with Crippen molar-refractivity contribution in [3.05, 3.63) is 35.4 Å². The normalized spacial score (nSPS) is 13.1. The second kappa shape index (κ2) is 6.98. The van der Waals surface area contributed by atoms with Crippen LogP contribution in [0, 0.1) is 28.9 Å². The third-order valence-electron chi connectivity index (χ3n) is 3.22. The highest BCUT2D eigenvalue weighted by atomic mass is 19.1. The fraction of sp³-hybridized carbons (Fsp3) is 0.400. The molecule has 0 fully saturated rings. The first-order valence-corrected chi connectivity index (χ1v) is 6.53. The van der Waals surface area contributed by atoms with Gasteiger partial charge in [0.25, 0.3) is 5.91 Å². The van der Waals surface area contributed by atoms with Crippen molar-refractivity contribution in [1.82, 2.24) is 5.32 Å². The standard InChI is InChI=1S/C15H16F2N2O3/c1-9(2)15(3,8-18)19-13(20)7-22-14(21)10-4-11(16)6-12(17)5-10/h4-6,9H,7H2,1-3H3,(H,19,20)/t15-/m1/s1. The summed E-state index contributed by atoms with van der Waals surface area (Å²) in [4.78, 5) is 23.3. The van der Waals surface area contributed by atoms with Crippen molar-refractivity contribution >= 4 is 11.9 Å². The first-order chi connectivity index (χ1) is 10.2. The number of carbonyl (C=O) groups excluding carboxylic acids is 2. The van der Waals surface area contributed by atoms with E-state index in [1.807, 2.05) is 6.07 Å². The first-order valence-electron chi connectivity index (χ1n) is 6.53. The zero-order chi connectivity index (χ0) is 16.9. The van der Waals surface area contributed by atoms with Gasteiger partial charge in [-0.05, 0) is 25.0 Å².